The minimum atomic E-state index is -0.566. The van der Waals surface area contributed by atoms with Crippen LogP contribution in [-0.2, 0) is 16.8 Å². The molecular formula is C32H30N2O. The first-order valence-corrected chi connectivity index (χ1v) is 12.0. The highest BCUT2D eigenvalue weighted by Gasteiger charge is 2.36. The van der Waals surface area contributed by atoms with Gasteiger partial charge in [0.25, 0.3) is 0 Å². The third kappa shape index (κ3) is 4.85. The van der Waals surface area contributed by atoms with Gasteiger partial charge in [-0.3, -0.25) is 0 Å². The number of benzene rings is 4. The van der Waals surface area contributed by atoms with E-state index in [4.69, 9.17) is 4.74 Å². The van der Waals surface area contributed by atoms with Gasteiger partial charge < -0.3 is 15.0 Å². The average molecular weight is 459 g/mol. The smallest absolute Gasteiger partial charge is 0.160 e. The molecule has 174 valence electrons. The first kappa shape index (κ1) is 22.5. The van der Waals surface area contributed by atoms with E-state index in [9.17, 15) is 0 Å². The maximum Gasteiger partial charge on any atom is 0.160 e. The summed E-state index contributed by atoms with van der Waals surface area (Å²) in [6.07, 6.45) is 6.01. The average Bonchev–Trinajstić information content (AvgIpc) is 3.13. The van der Waals surface area contributed by atoms with Crippen LogP contribution in [0.1, 0.15) is 29.2 Å². The van der Waals surface area contributed by atoms with Gasteiger partial charge in [0.1, 0.15) is 5.54 Å². The summed E-state index contributed by atoms with van der Waals surface area (Å²) in [5.74, 6) is 0. The maximum absolute atomic E-state index is 5.72. The molecule has 1 aliphatic heterocycles. The molecule has 0 bridgehead atoms. The summed E-state index contributed by atoms with van der Waals surface area (Å²) < 4.78 is 5.72. The van der Waals surface area contributed by atoms with Crippen LogP contribution in [0.5, 0.6) is 0 Å². The summed E-state index contributed by atoms with van der Waals surface area (Å²) in [4.78, 5) is 2.18. The largest absolute Gasteiger partial charge is 0.480 e. The Bertz CT molecular complexity index is 1200. The van der Waals surface area contributed by atoms with Crippen LogP contribution in [-0.4, -0.2) is 11.6 Å². The van der Waals surface area contributed by atoms with Crippen LogP contribution in [0.25, 0.3) is 0 Å². The van der Waals surface area contributed by atoms with Crippen molar-refractivity contribution in [2.24, 2.45) is 0 Å². The Hall–Kier alpha value is -4.24. The molecule has 5 rings (SSSR count). The van der Waals surface area contributed by atoms with Gasteiger partial charge in [-0.05, 0) is 46.9 Å². The highest BCUT2D eigenvalue weighted by atomic mass is 16.5. The van der Waals surface area contributed by atoms with E-state index in [1.165, 1.54) is 22.3 Å². The summed E-state index contributed by atoms with van der Waals surface area (Å²) >= 11 is 0. The molecule has 0 amide bonds. The zero-order chi connectivity index (χ0) is 23.9. The normalized spacial score (nSPS) is 13.5. The summed E-state index contributed by atoms with van der Waals surface area (Å²) in [7, 11) is 0. The Balaban J connectivity index is 1.63. The number of rotatable bonds is 7. The van der Waals surface area contributed by atoms with Gasteiger partial charge >= 0.3 is 0 Å². The van der Waals surface area contributed by atoms with Gasteiger partial charge in [0.2, 0.25) is 0 Å². The topological polar surface area (TPSA) is 24.5 Å². The molecule has 4 aromatic carbocycles. The third-order valence-electron chi connectivity index (χ3n) is 6.39. The highest BCUT2D eigenvalue weighted by Crippen LogP contribution is 2.40. The lowest BCUT2D eigenvalue weighted by Crippen LogP contribution is -2.38. The fourth-order valence-corrected chi connectivity index (χ4v) is 4.65. The van der Waals surface area contributed by atoms with Crippen molar-refractivity contribution in [3.63, 3.8) is 0 Å². The monoisotopic (exact) mass is 458 g/mol. The zero-order valence-electron chi connectivity index (χ0n) is 20.0. The minimum absolute atomic E-state index is 0.517. The maximum atomic E-state index is 5.72. The number of nitrogens with zero attached hydrogens (tertiary/aromatic N) is 1. The molecule has 1 N–H and O–H groups in total. The van der Waals surface area contributed by atoms with Crippen LogP contribution in [0, 0.1) is 0 Å². The fraction of sp³-hybridized carbons (Fsp3) is 0.125. The van der Waals surface area contributed by atoms with Gasteiger partial charge in [-0.25, -0.2) is 0 Å². The molecule has 3 heteroatoms. The van der Waals surface area contributed by atoms with Gasteiger partial charge in [0.15, 0.2) is 6.73 Å². The van der Waals surface area contributed by atoms with Crippen molar-refractivity contribution < 1.29 is 4.74 Å². The summed E-state index contributed by atoms with van der Waals surface area (Å²) in [6, 6.07) is 40.6. The minimum Gasteiger partial charge on any atom is -0.480 e. The molecule has 0 saturated carbocycles. The molecule has 0 aromatic heterocycles. The van der Waals surface area contributed by atoms with E-state index < -0.39 is 5.54 Å². The SMILES string of the molecule is CC1=COCN(Cc2ccccc2NC(c2ccccc2)(c2ccccc2)c2ccccc2)C=C1. The molecule has 4 aromatic rings. The predicted octanol–water partition coefficient (Wildman–Crippen LogP) is 7.30. The van der Waals surface area contributed by atoms with Crippen molar-refractivity contribution >= 4 is 5.69 Å². The van der Waals surface area contributed by atoms with Gasteiger partial charge in [-0.15, -0.1) is 0 Å². The first-order chi connectivity index (χ1) is 17.3. The van der Waals surface area contributed by atoms with Crippen molar-refractivity contribution in [2.75, 3.05) is 12.0 Å². The molecule has 0 radical (unpaired) electrons. The fourth-order valence-electron chi connectivity index (χ4n) is 4.65. The summed E-state index contributed by atoms with van der Waals surface area (Å²) in [5.41, 5.74) is 6.39. The number of anilines is 1. The van der Waals surface area contributed by atoms with Crippen LogP contribution in [0.4, 0.5) is 5.69 Å². The number of hydrogen-bond acceptors (Lipinski definition) is 3. The Morgan fingerprint density at radius 3 is 1.80 bits per heavy atom. The molecular weight excluding hydrogens is 428 g/mol. The molecule has 3 nitrogen and oxygen atoms in total. The van der Waals surface area contributed by atoms with Gasteiger partial charge in [-0.2, -0.15) is 0 Å². The molecule has 1 heterocycles. The van der Waals surface area contributed by atoms with Crippen LogP contribution >= 0.6 is 0 Å². The summed E-state index contributed by atoms with van der Waals surface area (Å²) in [5, 5.41) is 4.02. The van der Waals surface area contributed by atoms with Crippen molar-refractivity contribution in [1.29, 1.82) is 0 Å². The second-order valence-corrected chi connectivity index (χ2v) is 8.85. The van der Waals surface area contributed by atoms with Crippen molar-refractivity contribution in [3.8, 4) is 0 Å². The quantitative estimate of drug-likeness (QED) is 0.294. The standard InChI is InChI=1S/C32H30N2O/c1-26-21-22-34(25-35-24-26)23-27-13-11-12-20-31(27)33-32(28-14-5-2-6-15-28,29-16-7-3-8-17-29)30-18-9-4-10-19-30/h2-22,24,33H,23,25H2,1H3. The van der Waals surface area contributed by atoms with Gasteiger partial charge in [0, 0.05) is 18.4 Å². The van der Waals surface area contributed by atoms with E-state index in [0.29, 0.717) is 6.73 Å². The Morgan fingerprint density at radius 2 is 1.23 bits per heavy atom. The number of hydrogen-bond donors (Lipinski definition) is 1. The van der Waals surface area contributed by atoms with E-state index in [1.54, 1.807) is 0 Å². The van der Waals surface area contributed by atoms with Gasteiger partial charge in [0.05, 0.1) is 6.26 Å². The van der Waals surface area contributed by atoms with Crippen molar-refractivity contribution in [2.45, 2.75) is 19.0 Å². The first-order valence-electron chi connectivity index (χ1n) is 12.0. The second-order valence-electron chi connectivity index (χ2n) is 8.85. The molecule has 1 aliphatic rings. The Kier molecular flexibility index (Phi) is 6.67. The predicted molar refractivity (Wildman–Crippen MR) is 144 cm³/mol. The number of allylic oxidation sites excluding steroid dienone is 2. The lowest BCUT2D eigenvalue weighted by Gasteiger charge is -2.38. The van der Waals surface area contributed by atoms with E-state index in [2.05, 4.69) is 138 Å². The van der Waals surface area contributed by atoms with Crippen LogP contribution in [0.15, 0.2) is 139 Å². The van der Waals surface area contributed by atoms with E-state index in [-0.39, 0.29) is 0 Å². The molecule has 0 unspecified atom stereocenters. The summed E-state index contributed by atoms with van der Waals surface area (Å²) in [6.45, 7) is 3.29. The zero-order valence-corrected chi connectivity index (χ0v) is 20.0. The van der Waals surface area contributed by atoms with Gasteiger partial charge in [-0.1, -0.05) is 109 Å². The van der Waals surface area contributed by atoms with Crippen molar-refractivity contribution in [1.82, 2.24) is 4.90 Å². The molecule has 0 spiro atoms. The molecule has 0 fully saturated rings. The van der Waals surface area contributed by atoms with Crippen LogP contribution < -0.4 is 5.32 Å². The highest BCUT2D eigenvalue weighted by molar-refractivity contribution is 5.62. The lowest BCUT2D eigenvalue weighted by molar-refractivity contribution is 0.126. The van der Waals surface area contributed by atoms with Crippen molar-refractivity contribution in [3.05, 3.63) is 162 Å². The number of nitrogens with one attached hydrogen (secondary N) is 1. The number of ether oxygens (including phenoxy) is 1. The van der Waals surface area contributed by atoms with E-state index in [0.717, 1.165) is 17.8 Å². The van der Waals surface area contributed by atoms with Crippen LogP contribution in [0.3, 0.4) is 0 Å². The lowest BCUT2D eigenvalue weighted by atomic mass is 9.76. The molecule has 0 saturated heterocycles. The van der Waals surface area contributed by atoms with E-state index >= 15 is 0 Å². The second kappa shape index (κ2) is 10.4. The van der Waals surface area contributed by atoms with E-state index in [1.807, 2.05) is 13.2 Å². The van der Waals surface area contributed by atoms with Crippen LogP contribution in [0.2, 0.25) is 0 Å². The third-order valence-corrected chi connectivity index (χ3v) is 6.39. The Morgan fingerprint density at radius 1 is 0.714 bits per heavy atom. The Labute approximate surface area is 208 Å². The molecule has 0 aliphatic carbocycles. The number of para-hydroxylation sites is 1. The molecule has 0 atom stereocenters. The molecule has 35 heavy (non-hydrogen) atoms.